The molecule has 0 spiro atoms. The predicted octanol–water partition coefficient (Wildman–Crippen LogP) is 1.64. The summed E-state index contributed by atoms with van der Waals surface area (Å²) in [5, 5.41) is 9.05. The first-order valence-electron chi connectivity index (χ1n) is 6.03. The largest absolute Gasteiger partial charge is 0.369 e. The molecule has 2 aromatic rings. The Morgan fingerprint density at radius 1 is 1.53 bits per heavy atom. The van der Waals surface area contributed by atoms with Crippen LogP contribution in [0.25, 0.3) is 10.9 Å². The number of fused-ring (bicyclic) bond motifs is 3. The summed E-state index contributed by atoms with van der Waals surface area (Å²) in [7, 11) is 1.95. The van der Waals surface area contributed by atoms with E-state index in [9.17, 15) is 0 Å². The van der Waals surface area contributed by atoms with E-state index < -0.39 is 0 Å². The molecule has 4 heteroatoms. The number of hydrogen-bond acceptors (Lipinski definition) is 3. The molecule has 1 aromatic carbocycles. The lowest BCUT2D eigenvalue weighted by atomic mass is 10.1. The van der Waals surface area contributed by atoms with Crippen LogP contribution in [0.3, 0.4) is 0 Å². The Morgan fingerprint density at radius 3 is 3.24 bits per heavy atom. The average molecular weight is 231 g/mol. The van der Waals surface area contributed by atoms with Crippen molar-refractivity contribution in [2.45, 2.75) is 19.6 Å². The molecule has 17 heavy (non-hydrogen) atoms. The molecule has 2 heterocycles. The van der Waals surface area contributed by atoms with Crippen LogP contribution in [0.2, 0.25) is 0 Å². The summed E-state index contributed by atoms with van der Waals surface area (Å²) in [5.74, 6) is 0. The zero-order chi connectivity index (χ0) is 11.8. The number of benzene rings is 1. The first-order valence-corrected chi connectivity index (χ1v) is 6.03. The summed E-state index contributed by atoms with van der Waals surface area (Å²) in [6, 6.07) is 6.42. The van der Waals surface area contributed by atoms with Gasteiger partial charge in [0.05, 0.1) is 24.4 Å². The Hall–Kier alpha value is -1.39. The lowest BCUT2D eigenvalue weighted by Gasteiger charge is -2.24. The maximum Gasteiger partial charge on any atom is 0.112 e. The van der Waals surface area contributed by atoms with Crippen molar-refractivity contribution >= 4 is 10.9 Å². The van der Waals surface area contributed by atoms with Gasteiger partial charge in [0.15, 0.2) is 0 Å². The standard InChI is InChI=1S/C13H17N3O/c1-9-3-4-10-11(7-9)15-16-5-6-17-12(8-14-2)13(10)16/h3-4,7,12,14H,5-6,8H2,1-2H3/t12-/m0/s1. The van der Waals surface area contributed by atoms with Crippen LogP contribution in [0, 0.1) is 6.92 Å². The van der Waals surface area contributed by atoms with Gasteiger partial charge in [-0.25, -0.2) is 0 Å². The SMILES string of the molecule is CNC[C@@H]1OCCn2nc3cc(C)ccc3c21. The third-order valence-electron chi connectivity index (χ3n) is 3.25. The smallest absolute Gasteiger partial charge is 0.112 e. The van der Waals surface area contributed by atoms with E-state index in [1.54, 1.807) is 0 Å². The van der Waals surface area contributed by atoms with E-state index in [-0.39, 0.29) is 6.10 Å². The predicted molar refractivity (Wildman–Crippen MR) is 67.1 cm³/mol. The van der Waals surface area contributed by atoms with Gasteiger partial charge in [-0.1, -0.05) is 12.1 Å². The van der Waals surface area contributed by atoms with Gasteiger partial charge >= 0.3 is 0 Å². The van der Waals surface area contributed by atoms with E-state index >= 15 is 0 Å². The van der Waals surface area contributed by atoms with Gasteiger partial charge in [-0.2, -0.15) is 5.10 Å². The number of nitrogens with one attached hydrogen (secondary N) is 1. The fourth-order valence-electron chi connectivity index (χ4n) is 2.48. The molecule has 0 saturated heterocycles. The normalized spacial score (nSPS) is 19.5. The van der Waals surface area contributed by atoms with Gasteiger partial charge in [-0.15, -0.1) is 0 Å². The van der Waals surface area contributed by atoms with Crippen molar-refractivity contribution < 1.29 is 4.74 Å². The molecule has 1 aliphatic rings. The second-order valence-electron chi connectivity index (χ2n) is 4.55. The minimum atomic E-state index is 0.112. The Morgan fingerprint density at radius 2 is 2.41 bits per heavy atom. The Balaban J connectivity index is 2.17. The zero-order valence-corrected chi connectivity index (χ0v) is 10.2. The molecule has 0 radical (unpaired) electrons. The summed E-state index contributed by atoms with van der Waals surface area (Å²) in [6.45, 7) is 4.52. The number of likely N-dealkylation sites (N-methyl/N-ethyl adjacent to an activating group) is 1. The summed E-state index contributed by atoms with van der Waals surface area (Å²) in [6.07, 6.45) is 0.112. The first kappa shape index (κ1) is 10.7. The number of nitrogens with zero attached hydrogens (tertiary/aromatic N) is 2. The first-order chi connectivity index (χ1) is 8.29. The van der Waals surface area contributed by atoms with Crippen molar-refractivity contribution in [2.75, 3.05) is 20.2 Å². The van der Waals surface area contributed by atoms with Crippen LogP contribution >= 0.6 is 0 Å². The Kier molecular flexibility index (Phi) is 2.61. The highest BCUT2D eigenvalue weighted by atomic mass is 16.5. The fraction of sp³-hybridized carbons (Fsp3) is 0.462. The number of rotatable bonds is 2. The van der Waals surface area contributed by atoms with Gasteiger partial charge in [0.25, 0.3) is 0 Å². The second kappa shape index (κ2) is 4.13. The maximum atomic E-state index is 5.82. The molecule has 4 nitrogen and oxygen atoms in total. The van der Waals surface area contributed by atoms with Gasteiger partial charge in [-0.05, 0) is 25.6 Å². The minimum absolute atomic E-state index is 0.112. The molecule has 0 aliphatic carbocycles. The van der Waals surface area contributed by atoms with E-state index in [2.05, 4.69) is 40.2 Å². The summed E-state index contributed by atoms with van der Waals surface area (Å²) < 4.78 is 7.91. The van der Waals surface area contributed by atoms with Crippen LogP contribution < -0.4 is 5.32 Å². The van der Waals surface area contributed by atoms with Gasteiger partial charge in [0, 0.05) is 11.9 Å². The van der Waals surface area contributed by atoms with E-state index in [1.165, 1.54) is 16.6 Å². The minimum Gasteiger partial charge on any atom is -0.369 e. The molecule has 1 aliphatic heterocycles. The quantitative estimate of drug-likeness (QED) is 0.854. The van der Waals surface area contributed by atoms with Gasteiger partial charge < -0.3 is 10.1 Å². The van der Waals surface area contributed by atoms with Crippen LogP contribution in [-0.2, 0) is 11.3 Å². The van der Waals surface area contributed by atoms with E-state index in [4.69, 9.17) is 4.74 Å². The van der Waals surface area contributed by atoms with Crippen molar-refractivity contribution in [1.29, 1.82) is 0 Å². The van der Waals surface area contributed by atoms with Crippen LogP contribution in [0.4, 0.5) is 0 Å². The van der Waals surface area contributed by atoms with E-state index in [0.717, 1.165) is 25.2 Å². The average Bonchev–Trinajstić information content (AvgIpc) is 2.67. The van der Waals surface area contributed by atoms with E-state index in [1.807, 2.05) is 7.05 Å². The Bertz CT molecular complexity index is 547. The van der Waals surface area contributed by atoms with Crippen molar-refractivity contribution in [1.82, 2.24) is 15.1 Å². The van der Waals surface area contributed by atoms with Gasteiger partial charge in [-0.3, -0.25) is 4.68 Å². The van der Waals surface area contributed by atoms with Crippen molar-refractivity contribution in [3.8, 4) is 0 Å². The van der Waals surface area contributed by atoms with Crippen LogP contribution in [0.15, 0.2) is 18.2 Å². The van der Waals surface area contributed by atoms with Gasteiger partial charge in [0.2, 0.25) is 0 Å². The number of aryl methyl sites for hydroxylation is 1. The lowest BCUT2D eigenvalue weighted by molar-refractivity contribution is 0.0195. The monoisotopic (exact) mass is 231 g/mol. The lowest BCUT2D eigenvalue weighted by Crippen LogP contribution is -2.28. The zero-order valence-electron chi connectivity index (χ0n) is 10.2. The molecular weight excluding hydrogens is 214 g/mol. The molecule has 3 rings (SSSR count). The summed E-state index contributed by atoms with van der Waals surface area (Å²) in [5.41, 5.74) is 3.53. The fourth-order valence-corrected chi connectivity index (χ4v) is 2.48. The molecule has 1 aromatic heterocycles. The van der Waals surface area contributed by atoms with Crippen molar-refractivity contribution in [3.63, 3.8) is 0 Å². The van der Waals surface area contributed by atoms with Gasteiger partial charge in [0.1, 0.15) is 6.10 Å². The molecule has 0 unspecified atom stereocenters. The second-order valence-corrected chi connectivity index (χ2v) is 4.55. The molecule has 0 amide bonds. The molecule has 1 N–H and O–H groups in total. The third-order valence-corrected chi connectivity index (χ3v) is 3.25. The number of hydrogen-bond donors (Lipinski definition) is 1. The molecule has 0 fully saturated rings. The molecule has 0 saturated carbocycles. The van der Waals surface area contributed by atoms with Crippen LogP contribution in [0.1, 0.15) is 17.4 Å². The number of aromatic nitrogens is 2. The van der Waals surface area contributed by atoms with Crippen molar-refractivity contribution in [2.24, 2.45) is 0 Å². The van der Waals surface area contributed by atoms with Crippen molar-refractivity contribution in [3.05, 3.63) is 29.5 Å². The van der Waals surface area contributed by atoms with E-state index in [0.29, 0.717) is 0 Å². The highest BCUT2D eigenvalue weighted by Gasteiger charge is 2.24. The third kappa shape index (κ3) is 1.73. The molecule has 90 valence electrons. The highest BCUT2D eigenvalue weighted by molar-refractivity contribution is 5.82. The Labute approximate surface area is 101 Å². The molecular formula is C13H17N3O. The van der Waals surface area contributed by atoms with Crippen LogP contribution in [0.5, 0.6) is 0 Å². The summed E-state index contributed by atoms with van der Waals surface area (Å²) >= 11 is 0. The molecule has 0 bridgehead atoms. The number of ether oxygens (including phenoxy) is 1. The topological polar surface area (TPSA) is 39.1 Å². The van der Waals surface area contributed by atoms with Crippen LogP contribution in [-0.4, -0.2) is 30.0 Å². The maximum absolute atomic E-state index is 5.82. The highest BCUT2D eigenvalue weighted by Crippen LogP contribution is 2.29. The molecule has 1 atom stereocenters. The summed E-state index contributed by atoms with van der Waals surface area (Å²) in [4.78, 5) is 0.